The van der Waals surface area contributed by atoms with E-state index in [1.54, 1.807) is 24.3 Å². The van der Waals surface area contributed by atoms with Gasteiger partial charge in [0.25, 0.3) is 5.91 Å². The van der Waals surface area contributed by atoms with E-state index in [9.17, 15) is 18.0 Å². The van der Waals surface area contributed by atoms with Gasteiger partial charge in [0.15, 0.2) is 6.10 Å². The smallest absolute Gasteiger partial charge is 0.338 e. The highest BCUT2D eigenvalue weighted by Gasteiger charge is 2.21. The minimum absolute atomic E-state index is 0.0169. The van der Waals surface area contributed by atoms with E-state index in [-0.39, 0.29) is 10.5 Å². The van der Waals surface area contributed by atoms with E-state index in [1.807, 2.05) is 0 Å². The van der Waals surface area contributed by atoms with Gasteiger partial charge in [-0.05, 0) is 44.3 Å². The van der Waals surface area contributed by atoms with Crippen molar-refractivity contribution >= 4 is 27.6 Å². The quantitative estimate of drug-likeness (QED) is 0.695. The summed E-state index contributed by atoms with van der Waals surface area (Å²) in [5.41, 5.74) is 0.457. The molecule has 0 unspecified atom stereocenters. The molecule has 0 aliphatic heterocycles. The Morgan fingerprint density at radius 1 is 1.07 bits per heavy atom. The lowest BCUT2D eigenvalue weighted by molar-refractivity contribution is -0.123. The second-order valence-corrected chi connectivity index (χ2v) is 7.36. The summed E-state index contributed by atoms with van der Waals surface area (Å²) in [7, 11) is -0.957. The lowest BCUT2D eigenvalue weighted by atomic mass is 10.2. The van der Waals surface area contributed by atoms with Gasteiger partial charge in [0.2, 0.25) is 10.0 Å². The van der Waals surface area contributed by atoms with Crippen LogP contribution in [0.5, 0.6) is 5.75 Å². The number of benzene rings is 2. The highest BCUT2D eigenvalue weighted by molar-refractivity contribution is 7.89. The molecule has 0 radical (unpaired) electrons. The Morgan fingerprint density at radius 3 is 2.44 bits per heavy atom. The standard InChI is InChI=1S/C18H20N2O6S/c1-12(17(21)20-15-9-4-5-10-16(15)25-3)26-18(22)13-7-6-8-14(11-13)27(23,24)19-2/h4-12,19H,1-3H3,(H,20,21)/t12-/m0/s1. The maximum Gasteiger partial charge on any atom is 0.338 e. The first-order chi connectivity index (χ1) is 12.8. The molecule has 0 fully saturated rings. The monoisotopic (exact) mass is 392 g/mol. The normalized spacial score (nSPS) is 12.1. The van der Waals surface area contributed by atoms with Crippen molar-refractivity contribution in [1.82, 2.24) is 4.72 Å². The first-order valence-corrected chi connectivity index (χ1v) is 9.45. The Kier molecular flexibility index (Phi) is 6.54. The lowest BCUT2D eigenvalue weighted by Gasteiger charge is -2.15. The van der Waals surface area contributed by atoms with Crippen LogP contribution in [-0.2, 0) is 19.6 Å². The summed E-state index contributed by atoms with van der Waals surface area (Å²) in [4.78, 5) is 24.5. The largest absolute Gasteiger partial charge is 0.495 e. The van der Waals surface area contributed by atoms with E-state index < -0.39 is 28.0 Å². The molecular formula is C18H20N2O6S. The number of rotatable bonds is 7. The van der Waals surface area contributed by atoms with Crippen molar-refractivity contribution < 1.29 is 27.5 Å². The average molecular weight is 392 g/mol. The average Bonchev–Trinajstić information content (AvgIpc) is 2.68. The van der Waals surface area contributed by atoms with Crippen molar-refractivity contribution in [3.63, 3.8) is 0 Å². The fourth-order valence-corrected chi connectivity index (χ4v) is 2.95. The number of amides is 1. The highest BCUT2D eigenvalue weighted by atomic mass is 32.2. The predicted molar refractivity (Wildman–Crippen MR) is 99.2 cm³/mol. The molecule has 2 aromatic carbocycles. The number of hydrogen-bond acceptors (Lipinski definition) is 6. The summed E-state index contributed by atoms with van der Waals surface area (Å²) >= 11 is 0. The number of para-hydroxylation sites is 2. The van der Waals surface area contributed by atoms with Crippen LogP contribution in [0.4, 0.5) is 5.69 Å². The van der Waals surface area contributed by atoms with Gasteiger partial charge in [-0.1, -0.05) is 18.2 Å². The SMILES string of the molecule is CNS(=O)(=O)c1cccc(C(=O)O[C@@H](C)C(=O)Nc2ccccc2OC)c1. The van der Waals surface area contributed by atoms with Gasteiger partial charge < -0.3 is 14.8 Å². The molecule has 0 bridgehead atoms. The van der Waals surface area contributed by atoms with Gasteiger partial charge in [0.1, 0.15) is 5.75 Å². The molecule has 27 heavy (non-hydrogen) atoms. The molecule has 9 heteroatoms. The molecule has 0 saturated heterocycles. The molecule has 0 aliphatic rings. The van der Waals surface area contributed by atoms with Crippen molar-refractivity contribution in [3.8, 4) is 5.75 Å². The topological polar surface area (TPSA) is 111 Å². The summed E-state index contributed by atoms with van der Waals surface area (Å²) in [5.74, 6) is -0.896. The van der Waals surface area contributed by atoms with E-state index in [4.69, 9.17) is 9.47 Å². The molecule has 0 saturated carbocycles. The van der Waals surface area contributed by atoms with E-state index in [2.05, 4.69) is 10.0 Å². The Hall–Kier alpha value is -2.91. The van der Waals surface area contributed by atoms with E-state index in [0.717, 1.165) is 0 Å². The summed E-state index contributed by atoms with van der Waals surface area (Å²) in [5, 5.41) is 2.62. The molecule has 2 aromatic rings. The summed E-state index contributed by atoms with van der Waals surface area (Å²) in [6.07, 6.45) is -1.10. The number of methoxy groups -OCH3 is 1. The maximum absolute atomic E-state index is 12.3. The zero-order chi connectivity index (χ0) is 20.0. The predicted octanol–water partition coefficient (Wildman–Crippen LogP) is 1.79. The first kappa shape index (κ1) is 20.4. The second-order valence-electron chi connectivity index (χ2n) is 5.47. The second kappa shape index (κ2) is 8.65. The molecule has 1 atom stereocenters. The minimum atomic E-state index is -3.70. The highest BCUT2D eigenvalue weighted by Crippen LogP contribution is 2.23. The van der Waals surface area contributed by atoms with Crippen molar-refractivity contribution in [1.29, 1.82) is 0 Å². The molecule has 1 amide bonds. The number of ether oxygens (including phenoxy) is 2. The van der Waals surface area contributed by atoms with Crippen LogP contribution < -0.4 is 14.8 Å². The van der Waals surface area contributed by atoms with E-state index in [1.165, 1.54) is 45.3 Å². The van der Waals surface area contributed by atoms with Crippen LogP contribution in [0, 0.1) is 0 Å². The number of sulfonamides is 1. The molecule has 2 N–H and O–H groups in total. The van der Waals surface area contributed by atoms with Gasteiger partial charge in [-0.25, -0.2) is 17.9 Å². The molecule has 0 aliphatic carbocycles. The maximum atomic E-state index is 12.3. The van der Waals surface area contributed by atoms with Gasteiger partial charge >= 0.3 is 5.97 Å². The van der Waals surface area contributed by atoms with Gasteiger partial charge in [-0.2, -0.15) is 0 Å². The zero-order valence-electron chi connectivity index (χ0n) is 15.1. The molecule has 0 heterocycles. The molecule has 0 spiro atoms. The number of anilines is 1. The van der Waals surface area contributed by atoms with Crippen LogP contribution in [0.1, 0.15) is 17.3 Å². The number of carbonyl (C=O) groups is 2. The molecule has 2 rings (SSSR count). The third kappa shape index (κ3) is 5.05. The number of carbonyl (C=O) groups excluding carboxylic acids is 2. The fourth-order valence-electron chi connectivity index (χ4n) is 2.17. The van der Waals surface area contributed by atoms with Crippen molar-refractivity contribution in [2.45, 2.75) is 17.9 Å². The molecule has 144 valence electrons. The molecule has 8 nitrogen and oxygen atoms in total. The number of esters is 1. The fraction of sp³-hybridized carbons (Fsp3) is 0.222. The first-order valence-electron chi connectivity index (χ1n) is 7.97. The van der Waals surface area contributed by atoms with Gasteiger partial charge in [-0.3, -0.25) is 4.79 Å². The summed E-state index contributed by atoms with van der Waals surface area (Å²) in [6.45, 7) is 1.41. The van der Waals surface area contributed by atoms with Gasteiger partial charge in [-0.15, -0.1) is 0 Å². The third-order valence-electron chi connectivity index (χ3n) is 3.67. The Bertz CT molecular complexity index is 942. The molecule has 0 aromatic heterocycles. The van der Waals surface area contributed by atoms with Crippen molar-refractivity contribution in [2.75, 3.05) is 19.5 Å². The van der Waals surface area contributed by atoms with E-state index in [0.29, 0.717) is 11.4 Å². The lowest BCUT2D eigenvalue weighted by Crippen LogP contribution is -2.30. The Morgan fingerprint density at radius 2 is 1.78 bits per heavy atom. The van der Waals surface area contributed by atoms with Crippen molar-refractivity contribution in [3.05, 3.63) is 54.1 Å². The Balaban J connectivity index is 2.09. The van der Waals surface area contributed by atoms with Crippen LogP contribution in [0.25, 0.3) is 0 Å². The van der Waals surface area contributed by atoms with E-state index >= 15 is 0 Å². The van der Waals surface area contributed by atoms with Crippen LogP contribution >= 0.6 is 0 Å². The van der Waals surface area contributed by atoms with Crippen LogP contribution in [0.15, 0.2) is 53.4 Å². The number of nitrogens with one attached hydrogen (secondary N) is 2. The minimum Gasteiger partial charge on any atom is -0.495 e. The molecular weight excluding hydrogens is 372 g/mol. The van der Waals surface area contributed by atoms with Crippen LogP contribution in [0.2, 0.25) is 0 Å². The van der Waals surface area contributed by atoms with Gasteiger partial charge in [0, 0.05) is 0 Å². The third-order valence-corrected chi connectivity index (χ3v) is 5.08. The van der Waals surface area contributed by atoms with Crippen molar-refractivity contribution in [2.24, 2.45) is 0 Å². The number of hydrogen-bond donors (Lipinski definition) is 2. The summed E-state index contributed by atoms with van der Waals surface area (Å²) in [6, 6.07) is 12.2. The summed E-state index contributed by atoms with van der Waals surface area (Å²) < 4.78 is 36.1. The zero-order valence-corrected chi connectivity index (χ0v) is 15.9. The Labute approximate surface area is 157 Å². The van der Waals surface area contributed by atoms with Crippen LogP contribution in [0.3, 0.4) is 0 Å². The van der Waals surface area contributed by atoms with Crippen LogP contribution in [-0.4, -0.2) is 40.6 Å². The van der Waals surface area contributed by atoms with Gasteiger partial charge in [0.05, 0.1) is 23.3 Å².